The molecule has 1 aromatic rings. The lowest BCUT2D eigenvalue weighted by Gasteiger charge is -2.37. The summed E-state index contributed by atoms with van der Waals surface area (Å²) in [4.78, 5) is 10.5. The van der Waals surface area contributed by atoms with Gasteiger partial charge in [-0.2, -0.15) is 0 Å². The van der Waals surface area contributed by atoms with E-state index >= 15 is 0 Å². The van der Waals surface area contributed by atoms with Gasteiger partial charge in [0.25, 0.3) is 0 Å². The normalized spacial score (nSPS) is 22.0. The second-order valence-corrected chi connectivity index (χ2v) is 7.51. The Hall–Kier alpha value is -0.650. The summed E-state index contributed by atoms with van der Waals surface area (Å²) in [6.45, 7) is 11.9. The number of hydrogen-bond donors (Lipinski definition) is 1. The third-order valence-electron chi connectivity index (χ3n) is 3.77. The molecule has 19 heavy (non-hydrogen) atoms. The van der Waals surface area contributed by atoms with Gasteiger partial charge in [-0.25, -0.2) is 4.98 Å². The fourth-order valence-electron chi connectivity index (χ4n) is 2.39. The number of nitrogens with zero attached hydrogens (tertiary/aromatic N) is 3. The standard InChI is InChI=1S/C14H25N3OS/c1-10-8-17(7-6-16(10)5)13-15-12(14(2,3)4)11(9-18)19-13/h10,18H,6-9H2,1-5H3. The predicted octanol–water partition coefficient (Wildman–Crippen LogP) is 2.07. The van der Waals surface area contributed by atoms with Crippen molar-refractivity contribution in [2.24, 2.45) is 0 Å². The molecule has 0 saturated carbocycles. The zero-order valence-corrected chi connectivity index (χ0v) is 13.4. The summed E-state index contributed by atoms with van der Waals surface area (Å²) in [6, 6.07) is 0.549. The van der Waals surface area contributed by atoms with E-state index in [9.17, 15) is 5.11 Å². The van der Waals surface area contributed by atoms with Gasteiger partial charge in [-0.05, 0) is 14.0 Å². The van der Waals surface area contributed by atoms with Gasteiger partial charge in [-0.15, -0.1) is 0 Å². The van der Waals surface area contributed by atoms with E-state index in [-0.39, 0.29) is 12.0 Å². The molecule has 1 fully saturated rings. The predicted molar refractivity (Wildman–Crippen MR) is 81.0 cm³/mol. The molecule has 5 heteroatoms. The fraction of sp³-hybridized carbons (Fsp3) is 0.786. The van der Waals surface area contributed by atoms with Gasteiger partial charge in [-0.1, -0.05) is 32.1 Å². The number of rotatable bonds is 2. The Labute approximate surface area is 120 Å². The molecule has 1 aliphatic rings. The van der Waals surface area contributed by atoms with E-state index in [0.717, 1.165) is 35.3 Å². The molecular weight excluding hydrogens is 258 g/mol. The Balaban J connectivity index is 2.24. The van der Waals surface area contributed by atoms with Crippen LogP contribution in [0.25, 0.3) is 0 Å². The van der Waals surface area contributed by atoms with Gasteiger partial charge >= 0.3 is 0 Å². The largest absolute Gasteiger partial charge is 0.391 e. The van der Waals surface area contributed by atoms with Crippen molar-refractivity contribution in [2.75, 3.05) is 31.6 Å². The quantitative estimate of drug-likeness (QED) is 0.902. The van der Waals surface area contributed by atoms with Gasteiger partial charge in [0.05, 0.1) is 17.2 Å². The molecule has 1 atom stereocenters. The minimum absolute atomic E-state index is 0.00892. The lowest BCUT2D eigenvalue weighted by molar-refractivity contribution is 0.234. The highest BCUT2D eigenvalue weighted by Crippen LogP contribution is 2.34. The molecule has 1 saturated heterocycles. The van der Waals surface area contributed by atoms with Crippen molar-refractivity contribution >= 4 is 16.5 Å². The van der Waals surface area contributed by atoms with E-state index in [0.29, 0.717) is 6.04 Å². The van der Waals surface area contributed by atoms with Crippen LogP contribution < -0.4 is 4.90 Å². The molecule has 1 aliphatic heterocycles. The number of aliphatic hydroxyl groups is 1. The van der Waals surface area contributed by atoms with Crippen LogP contribution in [-0.4, -0.2) is 47.7 Å². The summed E-state index contributed by atoms with van der Waals surface area (Å²) in [5, 5.41) is 10.6. The summed E-state index contributed by atoms with van der Waals surface area (Å²) in [7, 11) is 2.17. The van der Waals surface area contributed by atoms with E-state index in [1.165, 1.54) is 0 Å². The first-order valence-corrected chi connectivity index (χ1v) is 7.71. The topological polar surface area (TPSA) is 39.6 Å². The van der Waals surface area contributed by atoms with E-state index in [1.54, 1.807) is 11.3 Å². The second-order valence-electron chi connectivity index (χ2n) is 6.45. The van der Waals surface area contributed by atoms with Gasteiger partial charge in [0.15, 0.2) is 5.13 Å². The summed E-state index contributed by atoms with van der Waals surface area (Å²) in [5.41, 5.74) is 1.03. The molecule has 0 bridgehead atoms. The smallest absolute Gasteiger partial charge is 0.185 e. The Bertz CT molecular complexity index is 438. The molecule has 2 heterocycles. The van der Waals surface area contributed by atoms with Crippen LogP contribution in [0.15, 0.2) is 0 Å². The Morgan fingerprint density at radius 2 is 2.05 bits per heavy atom. The van der Waals surface area contributed by atoms with E-state index < -0.39 is 0 Å². The van der Waals surface area contributed by atoms with Gasteiger partial charge in [0.2, 0.25) is 0 Å². The highest BCUT2D eigenvalue weighted by atomic mass is 32.1. The molecular formula is C14H25N3OS. The molecule has 0 radical (unpaired) electrons. The lowest BCUT2D eigenvalue weighted by atomic mass is 9.91. The molecule has 1 unspecified atom stereocenters. The highest BCUT2D eigenvalue weighted by molar-refractivity contribution is 7.15. The SMILES string of the molecule is CC1CN(c2nc(C(C)(C)C)c(CO)s2)CCN1C. The minimum Gasteiger partial charge on any atom is -0.391 e. The average molecular weight is 283 g/mol. The molecule has 0 aromatic carbocycles. The Morgan fingerprint density at radius 3 is 2.53 bits per heavy atom. The monoisotopic (exact) mass is 283 g/mol. The van der Waals surface area contributed by atoms with Gasteiger partial charge < -0.3 is 14.9 Å². The third-order valence-corrected chi connectivity index (χ3v) is 4.87. The fourth-order valence-corrected chi connectivity index (χ4v) is 3.56. The van der Waals surface area contributed by atoms with Crippen molar-refractivity contribution < 1.29 is 5.11 Å². The number of thiazole rings is 1. The average Bonchev–Trinajstić information content (AvgIpc) is 2.76. The van der Waals surface area contributed by atoms with Crippen molar-refractivity contribution in [3.63, 3.8) is 0 Å². The number of anilines is 1. The maximum atomic E-state index is 9.53. The van der Waals surface area contributed by atoms with E-state index in [2.05, 4.69) is 44.5 Å². The Kier molecular flexibility index (Phi) is 4.18. The van der Waals surface area contributed by atoms with Crippen LogP contribution in [0.3, 0.4) is 0 Å². The van der Waals surface area contributed by atoms with E-state index in [1.807, 2.05) is 0 Å². The zero-order chi connectivity index (χ0) is 14.2. The molecule has 2 rings (SSSR count). The van der Waals surface area contributed by atoms with Crippen molar-refractivity contribution in [3.8, 4) is 0 Å². The van der Waals surface area contributed by atoms with Crippen molar-refractivity contribution in [1.82, 2.24) is 9.88 Å². The molecule has 1 N–H and O–H groups in total. The molecule has 0 amide bonds. The summed E-state index contributed by atoms with van der Waals surface area (Å²) in [6.07, 6.45) is 0. The first-order chi connectivity index (χ1) is 8.82. The third kappa shape index (κ3) is 3.09. The molecule has 0 aliphatic carbocycles. The van der Waals surface area contributed by atoms with Gasteiger partial charge in [0, 0.05) is 31.1 Å². The van der Waals surface area contributed by atoms with Crippen molar-refractivity contribution in [2.45, 2.75) is 45.8 Å². The molecule has 4 nitrogen and oxygen atoms in total. The van der Waals surface area contributed by atoms with Gasteiger partial charge in [-0.3, -0.25) is 0 Å². The molecule has 108 valence electrons. The van der Waals surface area contributed by atoms with Crippen LogP contribution in [0.1, 0.15) is 38.3 Å². The summed E-state index contributed by atoms with van der Waals surface area (Å²) in [5.74, 6) is 0. The first-order valence-electron chi connectivity index (χ1n) is 6.89. The van der Waals surface area contributed by atoms with Crippen molar-refractivity contribution in [3.05, 3.63) is 10.6 Å². The second kappa shape index (κ2) is 5.38. The number of aliphatic hydroxyl groups excluding tert-OH is 1. The van der Waals surface area contributed by atoms with Gasteiger partial charge in [0.1, 0.15) is 0 Å². The lowest BCUT2D eigenvalue weighted by Crippen LogP contribution is -2.50. The van der Waals surface area contributed by atoms with Crippen LogP contribution in [0.2, 0.25) is 0 Å². The van der Waals surface area contributed by atoms with Crippen LogP contribution in [-0.2, 0) is 12.0 Å². The number of likely N-dealkylation sites (N-methyl/N-ethyl adjacent to an activating group) is 1. The minimum atomic E-state index is -0.00892. The van der Waals surface area contributed by atoms with Crippen LogP contribution in [0, 0.1) is 0 Å². The van der Waals surface area contributed by atoms with E-state index in [4.69, 9.17) is 4.98 Å². The zero-order valence-electron chi connectivity index (χ0n) is 12.6. The summed E-state index contributed by atoms with van der Waals surface area (Å²) < 4.78 is 0. The van der Waals surface area contributed by atoms with Crippen LogP contribution >= 0.6 is 11.3 Å². The number of piperazine rings is 1. The molecule has 0 spiro atoms. The van der Waals surface area contributed by atoms with Crippen molar-refractivity contribution in [1.29, 1.82) is 0 Å². The number of aromatic nitrogens is 1. The Morgan fingerprint density at radius 1 is 1.37 bits per heavy atom. The molecule has 1 aromatic heterocycles. The maximum Gasteiger partial charge on any atom is 0.185 e. The maximum absolute atomic E-state index is 9.53. The van der Waals surface area contributed by atoms with Crippen LogP contribution in [0.4, 0.5) is 5.13 Å². The summed E-state index contributed by atoms with van der Waals surface area (Å²) >= 11 is 1.64. The first kappa shape index (κ1) is 14.8. The number of hydrogen-bond acceptors (Lipinski definition) is 5. The van der Waals surface area contributed by atoms with Crippen LogP contribution in [0.5, 0.6) is 0 Å². The highest BCUT2D eigenvalue weighted by Gasteiger charge is 2.27.